The Morgan fingerprint density at radius 2 is 1.07 bits per heavy atom. The second-order valence-corrected chi connectivity index (χ2v) is 16.0. The molecule has 0 N–H and O–H groups in total. The molecule has 0 amide bonds. The summed E-state index contributed by atoms with van der Waals surface area (Å²) in [6.07, 6.45) is 0.529. The summed E-state index contributed by atoms with van der Waals surface area (Å²) >= 11 is 4.16. The molecule has 0 unspecified atom stereocenters. The van der Waals surface area contributed by atoms with E-state index < -0.39 is 16.9 Å². The first-order valence-electron chi connectivity index (χ1n) is 9.36. The van der Waals surface area contributed by atoms with Crippen molar-refractivity contribution in [2.75, 3.05) is 0 Å². The van der Waals surface area contributed by atoms with Crippen LogP contribution < -0.4 is 15.9 Å². The van der Waals surface area contributed by atoms with Crippen LogP contribution in [0.1, 0.15) is 5.56 Å². The molecule has 0 fully saturated rings. The molecule has 29 heavy (non-hydrogen) atoms. The fourth-order valence-corrected chi connectivity index (χ4v) is 11.8. The molecule has 4 aromatic carbocycles. The Hall–Kier alpha value is -2.35. The number of rotatable bonds is 5. The SMILES string of the molecule is Fc1cccc(P(Br)(Cc2ccccc2)(c2ccccc2)c2ccccc2)c1F. The van der Waals surface area contributed by atoms with E-state index in [1.54, 1.807) is 12.1 Å². The molecule has 0 heterocycles. The summed E-state index contributed by atoms with van der Waals surface area (Å²) in [7, 11) is 0. The van der Waals surface area contributed by atoms with Gasteiger partial charge in [0, 0.05) is 0 Å². The normalized spacial score (nSPS) is 12.9. The van der Waals surface area contributed by atoms with Crippen molar-refractivity contribution in [1.82, 2.24) is 0 Å². The summed E-state index contributed by atoms with van der Waals surface area (Å²) in [6.45, 7) is 0. The van der Waals surface area contributed by atoms with Gasteiger partial charge in [-0.3, -0.25) is 0 Å². The predicted octanol–water partition coefficient (Wildman–Crippen LogP) is 6.30. The Kier molecular flexibility index (Phi) is 5.38. The van der Waals surface area contributed by atoms with Crippen molar-refractivity contribution in [1.29, 1.82) is 0 Å². The summed E-state index contributed by atoms with van der Waals surface area (Å²) < 4.78 is 29.9. The third kappa shape index (κ3) is 3.33. The van der Waals surface area contributed by atoms with Gasteiger partial charge in [-0.2, -0.15) is 0 Å². The monoisotopic (exact) mass is 468 g/mol. The molecular weight excluding hydrogens is 449 g/mol. The second kappa shape index (κ2) is 7.82. The van der Waals surface area contributed by atoms with Crippen molar-refractivity contribution < 1.29 is 8.78 Å². The fraction of sp³-hybridized carbons (Fsp3) is 0.0400. The Morgan fingerprint density at radius 3 is 1.59 bits per heavy atom. The zero-order valence-electron chi connectivity index (χ0n) is 15.7. The van der Waals surface area contributed by atoms with E-state index in [-0.39, 0.29) is 0 Å². The van der Waals surface area contributed by atoms with Crippen LogP contribution in [0.4, 0.5) is 8.78 Å². The van der Waals surface area contributed by atoms with Crippen molar-refractivity contribution in [3.8, 4) is 0 Å². The van der Waals surface area contributed by atoms with Crippen LogP contribution in [-0.4, -0.2) is 0 Å². The topological polar surface area (TPSA) is 0 Å². The Bertz CT molecular complexity index is 1080. The fourth-order valence-electron chi connectivity index (χ4n) is 3.95. The van der Waals surface area contributed by atoms with Gasteiger partial charge in [-0.1, -0.05) is 0 Å². The third-order valence-electron chi connectivity index (χ3n) is 5.34. The average molecular weight is 469 g/mol. The van der Waals surface area contributed by atoms with Crippen molar-refractivity contribution in [2.24, 2.45) is 0 Å². The van der Waals surface area contributed by atoms with E-state index in [1.807, 2.05) is 91.0 Å². The van der Waals surface area contributed by atoms with Crippen LogP contribution in [0.2, 0.25) is 0 Å². The van der Waals surface area contributed by atoms with Crippen molar-refractivity contribution >= 4 is 36.7 Å². The molecule has 0 aliphatic heterocycles. The van der Waals surface area contributed by atoms with E-state index in [0.717, 1.165) is 16.2 Å². The summed E-state index contributed by atoms with van der Waals surface area (Å²) in [5.41, 5.74) is 1.05. The summed E-state index contributed by atoms with van der Waals surface area (Å²) in [5.74, 6) is -1.64. The van der Waals surface area contributed by atoms with E-state index in [4.69, 9.17) is 0 Å². The van der Waals surface area contributed by atoms with Gasteiger partial charge >= 0.3 is 178 Å². The molecule has 146 valence electrons. The van der Waals surface area contributed by atoms with Gasteiger partial charge in [0.1, 0.15) is 0 Å². The molecule has 0 radical (unpaired) electrons. The van der Waals surface area contributed by atoms with Gasteiger partial charge in [0.05, 0.1) is 0 Å². The third-order valence-corrected chi connectivity index (χ3v) is 14.8. The van der Waals surface area contributed by atoms with Gasteiger partial charge in [-0.15, -0.1) is 0 Å². The van der Waals surface area contributed by atoms with Crippen LogP contribution in [0.5, 0.6) is 0 Å². The van der Waals surface area contributed by atoms with Gasteiger partial charge in [0.15, 0.2) is 0 Å². The van der Waals surface area contributed by atoms with Gasteiger partial charge < -0.3 is 0 Å². The molecule has 0 aliphatic rings. The molecule has 0 bridgehead atoms. The van der Waals surface area contributed by atoms with Crippen LogP contribution in [-0.2, 0) is 6.16 Å². The molecule has 0 saturated carbocycles. The van der Waals surface area contributed by atoms with E-state index in [9.17, 15) is 4.39 Å². The molecule has 4 aromatic rings. The van der Waals surface area contributed by atoms with Crippen LogP contribution in [0.3, 0.4) is 0 Å². The number of halogens is 3. The van der Waals surface area contributed by atoms with Gasteiger partial charge in [-0.25, -0.2) is 0 Å². The Labute approximate surface area is 177 Å². The summed E-state index contributed by atoms with van der Waals surface area (Å²) in [4.78, 5) is 0. The molecule has 0 nitrogen and oxygen atoms in total. The van der Waals surface area contributed by atoms with Crippen LogP contribution in [0, 0.1) is 11.6 Å². The van der Waals surface area contributed by atoms with E-state index in [1.165, 1.54) is 6.07 Å². The predicted molar refractivity (Wildman–Crippen MR) is 124 cm³/mol. The molecule has 0 aromatic heterocycles. The zero-order chi connectivity index (χ0) is 20.3. The molecule has 4 rings (SSSR count). The second-order valence-electron chi connectivity index (χ2n) is 7.07. The first-order valence-corrected chi connectivity index (χ1v) is 13.8. The first kappa shape index (κ1) is 19.9. The molecule has 0 spiro atoms. The van der Waals surface area contributed by atoms with E-state index in [0.29, 0.717) is 11.5 Å². The Balaban J connectivity index is 2.16. The molecular formula is C25H20BrF2P. The standard InChI is InChI=1S/C25H20BrF2P/c26-29(21-13-6-2-7-14-21,22-15-8-3-9-16-22,19-20-11-4-1-5-12-20)24-18-10-17-23(27)25(24)28/h1-18H,19H2. The molecule has 0 atom stereocenters. The molecule has 4 heteroatoms. The average Bonchev–Trinajstić information content (AvgIpc) is 2.77. The molecule has 0 saturated heterocycles. The Morgan fingerprint density at radius 1 is 0.586 bits per heavy atom. The van der Waals surface area contributed by atoms with E-state index >= 15 is 4.39 Å². The van der Waals surface area contributed by atoms with E-state index in [2.05, 4.69) is 15.5 Å². The van der Waals surface area contributed by atoms with Gasteiger partial charge in [-0.05, 0) is 0 Å². The van der Waals surface area contributed by atoms with Crippen LogP contribution in [0.15, 0.2) is 109 Å². The number of hydrogen-bond acceptors (Lipinski definition) is 0. The van der Waals surface area contributed by atoms with Crippen LogP contribution in [0.25, 0.3) is 0 Å². The van der Waals surface area contributed by atoms with Crippen molar-refractivity contribution in [2.45, 2.75) is 6.16 Å². The quantitative estimate of drug-likeness (QED) is 0.301. The minimum absolute atomic E-state index is 0.372. The van der Waals surface area contributed by atoms with Gasteiger partial charge in [0.2, 0.25) is 0 Å². The molecule has 0 aliphatic carbocycles. The van der Waals surface area contributed by atoms with Crippen molar-refractivity contribution in [3.05, 3.63) is 126 Å². The minimum atomic E-state index is -3.56. The van der Waals surface area contributed by atoms with Crippen LogP contribution >= 0.6 is 20.8 Å². The number of benzene rings is 4. The van der Waals surface area contributed by atoms with Gasteiger partial charge in [0.25, 0.3) is 0 Å². The summed E-state index contributed by atoms with van der Waals surface area (Å²) in [6, 6.07) is 34.1. The maximum absolute atomic E-state index is 15.4. The first-order chi connectivity index (χ1) is 14.0. The summed E-state index contributed by atoms with van der Waals surface area (Å²) in [5, 5.41) is -1.28. The number of hydrogen-bond donors (Lipinski definition) is 0. The maximum atomic E-state index is 15.4. The zero-order valence-corrected chi connectivity index (χ0v) is 18.2. The van der Waals surface area contributed by atoms with Crippen molar-refractivity contribution in [3.63, 3.8) is 0 Å².